The molecule has 0 saturated carbocycles. The van der Waals surface area contributed by atoms with Gasteiger partial charge in [-0.3, -0.25) is 4.99 Å². The number of carbonyl (C=O) groups is 1. The van der Waals surface area contributed by atoms with E-state index in [0.717, 1.165) is 23.4 Å². The molecule has 0 spiro atoms. The fraction of sp³-hybridized carbons (Fsp3) is 0.222. The third-order valence-electron chi connectivity index (χ3n) is 3.88. The van der Waals surface area contributed by atoms with Crippen molar-refractivity contribution in [1.29, 1.82) is 0 Å². The SMILES string of the molecule is COC(=O)c1cc(OC)cc(-c2ccc3c(c2)C(C)=NC3)c1. The van der Waals surface area contributed by atoms with E-state index in [-0.39, 0.29) is 5.97 Å². The fourth-order valence-electron chi connectivity index (χ4n) is 2.64. The molecule has 2 aromatic rings. The number of hydrogen-bond donors (Lipinski definition) is 0. The third-order valence-corrected chi connectivity index (χ3v) is 3.88. The van der Waals surface area contributed by atoms with Gasteiger partial charge in [0.1, 0.15) is 5.75 Å². The molecule has 0 unspecified atom stereocenters. The van der Waals surface area contributed by atoms with Crippen LogP contribution < -0.4 is 4.74 Å². The summed E-state index contributed by atoms with van der Waals surface area (Å²) in [5, 5.41) is 0. The van der Waals surface area contributed by atoms with Gasteiger partial charge < -0.3 is 9.47 Å². The van der Waals surface area contributed by atoms with Crippen LogP contribution in [-0.4, -0.2) is 25.9 Å². The van der Waals surface area contributed by atoms with E-state index < -0.39 is 0 Å². The predicted octanol–water partition coefficient (Wildman–Crippen LogP) is 3.47. The highest BCUT2D eigenvalue weighted by atomic mass is 16.5. The molecule has 0 radical (unpaired) electrons. The lowest BCUT2D eigenvalue weighted by Crippen LogP contribution is -2.02. The number of carbonyl (C=O) groups excluding carboxylic acids is 1. The summed E-state index contributed by atoms with van der Waals surface area (Å²) in [6.07, 6.45) is 0. The van der Waals surface area contributed by atoms with Gasteiger partial charge in [-0.2, -0.15) is 0 Å². The van der Waals surface area contributed by atoms with E-state index in [1.165, 1.54) is 18.2 Å². The molecule has 0 aromatic heterocycles. The number of nitrogens with zero attached hydrogens (tertiary/aromatic N) is 1. The Morgan fingerprint density at radius 3 is 2.64 bits per heavy atom. The Morgan fingerprint density at radius 2 is 1.91 bits per heavy atom. The molecule has 4 nitrogen and oxygen atoms in total. The highest BCUT2D eigenvalue weighted by molar-refractivity contribution is 6.03. The van der Waals surface area contributed by atoms with Crippen molar-refractivity contribution in [3.05, 3.63) is 53.1 Å². The maximum absolute atomic E-state index is 11.8. The van der Waals surface area contributed by atoms with Crippen LogP contribution in [0.2, 0.25) is 0 Å². The van der Waals surface area contributed by atoms with Crippen LogP contribution in [0, 0.1) is 0 Å². The normalized spacial score (nSPS) is 12.6. The molecule has 4 heteroatoms. The highest BCUT2D eigenvalue weighted by Crippen LogP contribution is 2.30. The summed E-state index contributed by atoms with van der Waals surface area (Å²) < 4.78 is 10.1. The minimum Gasteiger partial charge on any atom is -0.497 e. The summed E-state index contributed by atoms with van der Waals surface area (Å²) in [4.78, 5) is 16.3. The number of esters is 1. The maximum atomic E-state index is 11.8. The van der Waals surface area contributed by atoms with Crippen LogP contribution in [-0.2, 0) is 11.3 Å². The summed E-state index contributed by atoms with van der Waals surface area (Å²) in [6.45, 7) is 2.76. The Morgan fingerprint density at radius 1 is 1.09 bits per heavy atom. The molecule has 0 fully saturated rings. The van der Waals surface area contributed by atoms with E-state index in [9.17, 15) is 4.79 Å². The number of fused-ring (bicyclic) bond motifs is 1. The first-order valence-electron chi connectivity index (χ1n) is 7.04. The van der Waals surface area contributed by atoms with Gasteiger partial charge >= 0.3 is 5.97 Å². The van der Waals surface area contributed by atoms with E-state index in [1.54, 1.807) is 13.2 Å². The van der Waals surface area contributed by atoms with Crippen LogP contribution in [0.5, 0.6) is 5.75 Å². The van der Waals surface area contributed by atoms with Crippen molar-refractivity contribution in [2.45, 2.75) is 13.5 Å². The second-order valence-electron chi connectivity index (χ2n) is 5.22. The van der Waals surface area contributed by atoms with Crippen molar-refractivity contribution >= 4 is 11.7 Å². The first-order chi connectivity index (χ1) is 10.6. The van der Waals surface area contributed by atoms with Crippen molar-refractivity contribution in [3.8, 4) is 16.9 Å². The second kappa shape index (κ2) is 5.64. The largest absolute Gasteiger partial charge is 0.497 e. The smallest absolute Gasteiger partial charge is 0.338 e. The predicted molar refractivity (Wildman–Crippen MR) is 85.7 cm³/mol. The topological polar surface area (TPSA) is 47.9 Å². The summed E-state index contributed by atoms with van der Waals surface area (Å²) in [6, 6.07) is 11.6. The van der Waals surface area contributed by atoms with Gasteiger partial charge in [-0.1, -0.05) is 12.1 Å². The minimum atomic E-state index is -0.376. The molecule has 2 aromatic carbocycles. The van der Waals surface area contributed by atoms with Crippen molar-refractivity contribution < 1.29 is 14.3 Å². The molecule has 22 heavy (non-hydrogen) atoms. The average Bonchev–Trinajstić information content (AvgIpc) is 2.94. The van der Waals surface area contributed by atoms with Crippen LogP contribution in [0.4, 0.5) is 0 Å². The third kappa shape index (κ3) is 2.48. The molecular weight excluding hydrogens is 278 g/mol. The Balaban J connectivity index is 2.10. The Labute approximate surface area is 129 Å². The molecule has 0 N–H and O–H groups in total. The van der Waals surface area contributed by atoms with E-state index in [2.05, 4.69) is 17.1 Å². The van der Waals surface area contributed by atoms with Crippen LogP contribution in [0.3, 0.4) is 0 Å². The number of aliphatic imine (C=N–C) groups is 1. The first kappa shape index (κ1) is 14.3. The lowest BCUT2D eigenvalue weighted by atomic mass is 9.97. The lowest BCUT2D eigenvalue weighted by Gasteiger charge is -2.10. The Hall–Kier alpha value is -2.62. The standard InChI is InChI=1S/C18H17NO3/c1-11-17-9-12(4-5-13(17)10-19-11)14-6-15(18(20)22-3)8-16(7-14)21-2/h4-9H,10H2,1-3H3. The average molecular weight is 295 g/mol. The van der Waals surface area contributed by atoms with Gasteiger partial charge in [0.15, 0.2) is 0 Å². The van der Waals surface area contributed by atoms with Gasteiger partial charge in [0.05, 0.1) is 26.3 Å². The fourth-order valence-corrected chi connectivity index (χ4v) is 2.64. The van der Waals surface area contributed by atoms with Gasteiger partial charge in [-0.25, -0.2) is 4.79 Å². The zero-order valence-corrected chi connectivity index (χ0v) is 12.8. The van der Waals surface area contributed by atoms with E-state index in [4.69, 9.17) is 9.47 Å². The van der Waals surface area contributed by atoms with E-state index in [1.807, 2.05) is 25.1 Å². The molecule has 3 rings (SSSR count). The Bertz CT molecular complexity index is 778. The van der Waals surface area contributed by atoms with E-state index >= 15 is 0 Å². The zero-order chi connectivity index (χ0) is 15.7. The molecule has 112 valence electrons. The zero-order valence-electron chi connectivity index (χ0n) is 12.8. The maximum Gasteiger partial charge on any atom is 0.338 e. The van der Waals surface area contributed by atoms with Crippen molar-refractivity contribution in [2.75, 3.05) is 14.2 Å². The minimum absolute atomic E-state index is 0.376. The monoisotopic (exact) mass is 295 g/mol. The Kier molecular flexibility index (Phi) is 3.67. The molecule has 0 atom stereocenters. The van der Waals surface area contributed by atoms with Crippen LogP contribution in [0.25, 0.3) is 11.1 Å². The number of methoxy groups -OCH3 is 2. The second-order valence-corrected chi connectivity index (χ2v) is 5.22. The van der Waals surface area contributed by atoms with Crippen molar-refractivity contribution in [1.82, 2.24) is 0 Å². The summed E-state index contributed by atoms with van der Waals surface area (Å²) in [5.41, 5.74) is 5.87. The van der Waals surface area contributed by atoms with Gasteiger partial charge in [0, 0.05) is 11.3 Å². The quantitative estimate of drug-likeness (QED) is 0.815. The number of hydrogen-bond acceptors (Lipinski definition) is 4. The number of rotatable bonds is 3. The molecule has 0 saturated heterocycles. The van der Waals surface area contributed by atoms with Gasteiger partial charge in [-0.05, 0) is 47.9 Å². The highest BCUT2D eigenvalue weighted by Gasteiger charge is 2.15. The molecule has 1 aliphatic heterocycles. The number of benzene rings is 2. The van der Waals surface area contributed by atoms with E-state index in [0.29, 0.717) is 11.3 Å². The lowest BCUT2D eigenvalue weighted by molar-refractivity contribution is 0.0600. The van der Waals surface area contributed by atoms with Crippen LogP contribution in [0.15, 0.2) is 41.4 Å². The van der Waals surface area contributed by atoms with Gasteiger partial charge in [-0.15, -0.1) is 0 Å². The molecule has 0 bridgehead atoms. The molecule has 0 aliphatic carbocycles. The van der Waals surface area contributed by atoms with Crippen LogP contribution in [0.1, 0.15) is 28.4 Å². The number of ether oxygens (including phenoxy) is 2. The summed E-state index contributed by atoms with van der Waals surface area (Å²) >= 11 is 0. The van der Waals surface area contributed by atoms with Gasteiger partial charge in [0.25, 0.3) is 0 Å². The first-order valence-corrected chi connectivity index (χ1v) is 7.04. The van der Waals surface area contributed by atoms with Crippen LogP contribution >= 0.6 is 0 Å². The summed E-state index contributed by atoms with van der Waals surface area (Å²) in [5.74, 6) is 0.253. The van der Waals surface area contributed by atoms with Crippen molar-refractivity contribution in [2.24, 2.45) is 4.99 Å². The molecule has 1 heterocycles. The molecule has 0 amide bonds. The summed E-state index contributed by atoms with van der Waals surface area (Å²) in [7, 11) is 2.95. The van der Waals surface area contributed by atoms with Crippen molar-refractivity contribution in [3.63, 3.8) is 0 Å². The molecule has 1 aliphatic rings. The van der Waals surface area contributed by atoms with Gasteiger partial charge in [0.2, 0.25) is 0 Å². The molecular formula is C18H17NO3.